The number of rotatable bonds is 3. The Labute approximate surface area is 111 Å². The standard InChI is InChI=1S/C11H14N2O3S2/c14-10(9-2-1-4-12-11(9)17)13-6-8-3-5-18(15,16)7-8/h1-2,4,8H,3,5-7H2,(H,12,17)(H,13,14). The molecule has 2 rings (SSSR count). The van der Waals surface area contributed by atoms with Crippen molar-refractivity contribution >= 4 is 28.0 Å². The van der Waals surface area contributed by atoms with Crippen LogP contribution in [0.5, 0.6) is 0 Å². The normalized spacial score (nSPS) is 21.7. The molecule has 2 N–H and O–H groups in total. The van der Waals surface area contributed by atoms with E-state index in [9.17, 15) is 13.2 Å². The number of hydrogen-bond acceptors (Lipinski definition) is 4. The molecule has 7 heteroatoms. The molecule has 0 saturated carbocycles. The number of hydrogen-bond donors (Lipinski definition) is 2. The lowest BCUT2D eigenvalue weighted by Crippen LogP contribution is -2.30. The third-order valence-electron chi connectivity index (χ3n) is 2.94. The second-order valence-electron chi connectivity index (χ2n) is 4.39. The van der Waals surface area contributed by atoms with E-state index < -0.39 is 9.84 Å². The van der Waals surface area contributed by atoms with Crippen LogP contribution in [0.25, 0.3) is 0 Å². The lowest BCUT2D eigenvalue weighted by Gasteiger charge is -2.09. The lowest BCUT2D eigenvalue weighted by atomic mass is 10.1. The average Bonchev–Trinajstić information content (AvgIpc) is 2.66. The molecule has 1 aliphatic heterocycles. The fourth-order valence-corrected chi connectivity index (χ4v) is 4.06. The zero-order chi connectivity index (χ0) is 13.2. The van der Waals surface area contributed by atoms with Gasteiger partial charge in [0.2, 0.25) is 0 Å². The van der Waals surface area contributed by atoms with Crippen molar-refractivity contribution in [2.45, 2.75) is 6.42 Å². The number of amides is 1. The van der Waals surface area contributed by atoms with Gasteiger partial charge in [-0.3, -0.25) is 4.79 Å². The van der Waals surface area contributed by atoms with E-state index in [0.717, 1.165) is 0 Å². The highest BCUT2D eigenvalue weighted by Crippen LogP contribution is 2.17. The number of carbonyl (C=O) groups is 1. The van der Waals surface area contributed by atoms with Crippen molar-refractivity contribution < 1.29 is 13.2 Å². The van der Waals surface area contributed by atoms with Gasteiger partial charge in [-0.25, -0.2) is 8.42 Å². The Balaban J connectivity index is 1.94. The van der Waals surface area contributed by atoms with Crippen LogP contribution in [0.15, 0.2) is 18.3 Å². The molecule has 0 aliphatic carbocycles. The van der Waals surface area contributed by atoms with Gasteiger partial charge in [-0.2, -0.15) is 0 Å². The van der Waals surface area contributed by atoms with Crippen molar-refractivity contribution in [2.75, 3.05) is 18.1 Å². The minimum atomic E-state index is -2.89. The van der Waals surface area contributed by atoms with Crippen LogP contribution >= 0.6 is 12.2 Å². The minimum absolute atomic E-state index is 0.0141. The van der Waals surface area contributed by atoms with E-state index in [1.807, 2.05) is 0 Å². The van der Waals surface area contributed by atoms with Gasteiger partial charge in [0.25, 0.3) is 5.91 Å². The summed E-state index contributed by atoms with van der Waals surface area (Å²) in [6, 6.07) is 3.34. The van der Waals surface area contributed by atoms with Crippen LogP contribution in [-0.4, -0.2) is 37.4 Å². The largest absolute Gasteiger partial charge is 0.352 e. The summed E-state index contributed by atoms with van der Waals surface area (Å²) in [6.45, 7) is 0.377. The van der Waals surface area contributed by atoms with E-state index >= 15 is 0 Å². The predicted molar refractivity (Wildman–Crippen MR) is 70.7 cm³/mol. The van der Waals surface area contributed by atoms with Crippen LogP contribution in [0.4, 0.5) is 0 Å². The predicted octanol–water partition coefficient (Wildman–Crippen LogP) is 0.909. The first-order valence-corrected chi connectivity index (χ1v) is 7.87. The Morgan fingerprint density at radius 2 is 2.33 bits per heavy atom. The first-order chi connectivity index (χ1) is 8.48. The smallest absolute Gasteiger partial charge is 0.254 e. The van der Waals surface area contributed by atoms with Gasteiger partial charge in [-0.1, -0.05) is 12.2 Å². The quantitative estimate of drug-likeness (QED) is 0.810. The SMILES string of the molecule is O=C(NCC1CCS(=O)(=O)C1)c1ccc[nH]c1=S. The Hall–Kier alpha value is -1.21. The molecule has 1 amide bonds. The molecule has 1 aromatic rings. The van der Waals surface area contributed by atoms with Crippen LogP contribution in [-0.2, 0) is 9.84 Å². The van der Waals surface area contributed by atoms with Gasteiger partial charge >= 0.3 is 0 Å². The first-order valence-electron chi connectivity index (χ1n) is 5.64. The molecular weight excluding hydrogens is 272 g/mol. The Bertz CT molecular complexity index is 607. The van der Waals surface area contributed by atoms with Crippen LogP contribution < -0.4 is 5.32 Å². The summed E-state index contributed by atoms with van der Waals surface area (Å²) in [4.78, 5) is 14.6. The number of pyridine rings is 1. The van der Waals surface area contributed by atoms with Crippen molar-refractivity contribution in [3.63, 3.8) is 0 Å². The number of sulfone groups is 1. The molecule has 1 aromatic heterocycles. The fraction of sp³-hybridized carbons (Fsp3) is 0.455. The molecule has 1 aliphatic rings. The third-order valence-corrected chi connectivity index (χ3v) is 5.12. The summed E-state index contributed by atoms with van der Waals surface area (Å²) in [6.07, 6.45) is 2.27. The Kier molecular flexibility index (Phi) is 3.82. The van der Waals surface area contributed by atoms with E-state index in [1.165, 1.54) is 0 Å². The molecule has 98 valence electrons. The molecule has 1 unspecified atom stereocenters. The number of aromatic nitrogens is 1. The highest BCUT2D eigenvalue weighted by molar-refractivity contribution is 7.91. The number of aromatic amines is 1. The first kappa shape index (κ1) is 13.2. The average molecular weight is 286 g/mol. The van der Waals surface area contributed by atoms with Gasteiger partial charge < -0.3 is 10.3 Å². The van der Waals surface area contributed by atoms with Crippen molar-refractivity contribution in [3.05, 3.63) is 28.5 Å². The van der Waals surface area contributed by atoms with Gasteiger partial charge in [0.1, 0.15) is 4.64 Å². The van der Waals surface area contributed by atoms with E-state index in [2.05, 4.69) is 10.3 Å². The maximum Gasteiger partial charge on any atom is 0.254 e. The van der Waals surface area contributed by atoms with E-state index in [-0.39, 0.29) is 23.3 Å². The molecule has 0 bridgehead atoms. The van der Waals surface area contributed by atoms with Gasteiger partial charge in [-0.05, 0) is 24.5 Å². The number of nitrogens with one attached hydrogen (secondary N) is 2. The molecule has 1 atom stereocenters. The zero-order valence-corrected chi connectivity index (χ0v) is 11.3. The van der Waals surface area contributed by atoms with E-state index in [4.69, 9.17) is 12.2 Å². The Morgan fingerprint density at radius 3 is 2.94 bits per heavy atom. The van der Waals surface area contributed by atoms with Crippen LogP contribution in [0.2, 0.25) is 0 Å². The fourth-order valence-electron chi connectivity index (χ4n) is 1.97. The summed E-state index contributed by atoms with van der Waals surface area (Å²) in [5.41, 5.74) is 0.411. The van der Waals surface area contributed by atoms with Crippen LogP contribution in [0.1, 0.15) is 16.8 Å². The minimum Gasteiger partial charge on any atom is -0.352 e. The summed E-state index contributed by atoms with van der Waals surface area (Å²) in [5, 5.41) is 2.73. The molecular formula is C11H14N2O3S2. The molecule has 2 heterocycles. The second-order valence-corrected chi connectivity index (χ2v) is 7.03. The van der Waals surface area contributed by atoms with E-state index in [1.54, 1.807) is 18.3 Å². The number of H-pyrrole nitrogens is 1. The highest BCUT2D eigenvalue weighted by atomic mass is 32.2. The van der Waals surface area contributed by atoms with Crippen molar-refractivity contribution in [1.82, 2.24) is 10.3 Å². The van der Waals surface area contributed by atoms with Gasteiger partial charge in [0.15, 0.2) is 9.84 Å². The monoisotopic (exact) mass is 286 g/mol. The topological polar surface area (TPSA) is 79.0 Å². The van der Waals surface area contributed by atoms with Gasteiger partial charge in [-0.15, -0.1) is 0 Å². The van der Waals surface area contributed by atoms with Crippen LogP contribution in [0, 0.1) is 10.6 Å². The summed E-state index contributed by atoms with van der Waals surface area (Å²) < 4.78 is 22.9. The molecule has 0 spiro atoms. The number of carbonyl (C=O) groups excluding carboxylic acids is 1. The maximum absolute atomic E-state index is 11.8. The van der Waals surface area contributed by atoms with Gasteiger partial charge in [0, 0.05) is 12.7 Å². The van der Waals surface area contributed by atoms with Crippen molar-refractivity contribution in [3.8, 4) is 0 Å². The molecule has 1 fully saturated rings. The zero-order valence-electron chi connectivity index (χ0n) is 9.68. The third kappa shape index (κ3) is 3.17. The van der Waals surface area contributed by atoms with E-state index in [0.29, 0.717) is 23.2 Å². The van der Waals surface area contributed by atoms with Crippen molar-refractivity contribution in [2.24, 2.45) is 5.92 Å². The molecule has 1 saturated heterocycles. The maximum atomic E-state index is 11.8. The summed E-state index contributed by atoms with van der Waals surface area (Å²) in [7, 11) is -2.89. The lowest BCUT2D eigenvalue weighted by molar-refractivity contribution is 0.0947. The Morgan fingerprint density at radius 1 is 1.56 bits per heavy atom. The summed E-state index contributed by atoms with van der Waals surface area (Å²) >= 11 is 5.00. The molecule has 5 nitrogen and oxygen atoms in total. The van der Waals surface area contributed by atoms with Gasteiger partial charge in [0.05, 0.1) is 17.1 Å². The highest BCUT2D eigenvalue weighted by Gasteiger charge is 2.28. The second kappa shape index (κ2) is 5.19. The van der Waals surface area contributed by atoms with Crippen molar-refractivity contribution in [1.29, 1.82) is 0 Å². The molecule has 18 heavy (non-hydrogen) atoms. The summed E-state index contributed by atoms with van der Waals surface area (Å²) in [5.74, 6) is 0.134. The molecule has 0 aromatic carbocycles. The molecule has 0 radical (unpaired) electrons. The van der Waals surface area contributed by atoms with Crippen LogP contribution in [0.3, 0.4) is 0 Å².